The average Bonchev–Trinajstić information content (AvgIpc) is 2.58. The lowest BCUT2D eigenvalue weighted by Gasteiger charge is -2.40. The Bertz CT molecular complexity index is 825. The van der Waals surface area contributed by atoms with Crippen molar-refractivity contribution in [2.75, 3.05) is 0 Å². The van der Waals surface area contributed by atoms with Gasteiger partial charge in [-0.3, -0.25) is 0 Å². The van der Waals surface area contributed by atoms with E-state index in [-0.39, 0.29) is 5.75 Å². The number of rotatable bonds is 8. The average molecular weight is 512 g/mol. The summed E-state index contributed by atoms with van der Waals surface area (Å²) in [6.45, 7) is 4.59. The van der Waals surface area contributed by atoms with Gasteiger partial charge >= 0.3 is 35.8 Å². The summed E-state index contributed by atoms with van der Waals surface area (Å²) in [4.78, 5) is 0. The second-order valence-corrected chi connectivity index (χ2v) is 8.01. The van der Waals surface area contributed by atoms with Gasteiger partial charge in [-0.1, -0.05) is 12.1 Å². The molecule has 33 heavy (non-hydrogen) atoms. The number of hydrogen-bond donors (Lipinski definition) is 1. The molecule has 192 valence electrons. The maximum absolute atomic E-state index is 13.9. The second-order valence-electron chi connectivity index (χ2n) is 8.01. The van der Waals surface area contributed by atoms with Gasteiger partial charge in [-0.25, -0.2) is 0 Å². The van der Waals surface area contributed by atoms with Crippen molar-refractivity contribution in [2.24, 2.45) is 0 Å². The highest BCUT2D eigenvalue weighted by Crippen LogP contribution is 2.61. The molecule has 1 rings (SSSR count). The Hall–Kier alpha value is -1.93. The first-order valence-corrected chi connectivity index (χ1v) is 8.75. The molecule has 0 bridgehead atoms. The number of ether oxygens (including phenoxy) is 1. The molecule has 1 unspecified atom stereocenters. The van der Waals surface area contributed by atoms with Gasteiger partial charge in [-0.15, -0.1) is 0 Å². The van der Waals surface area contributed by atoms with Gasteiger partial charge in [0.05, 0.1) is 6.10 Å². The molecule has 0 aliphatic rings. The van der Waals surface area contributed by atoms with Crippen molar-refractivity contribution in [2.45, 2.75) is 74.7 Å². The van der Waals surface area contributed by atoms with Crippen molar-refractivity contribution in [3.05, 3.63) is 29.8 Å². The number of aliphatic hydroxyl groups is 1. The fourth-order valence-corrected chi connectivity index (χ4v) is 2.43. The first kappa shape index (κ1) is 29.1. The minimum atomic E-state index is -7.98. The van der Waals surface area contributed by atoms with Crippen LogP contribution in [0.15, 0.2) is 24.3 Å². The zero-order chi connectivity index (χ0) is 26.5. The third-order valence-corrected chi connectivity index (χ3v) is 4.12. The highest BCUT2D eigenvalue weighted by Gasteiger charge is 2.90. The Morgan fingerprint density at radius 2 is 1.18 bits per heavy atom. The van der Waals surface area contributed by atoms with Crippen LogP contribution in [0.1, 0.15) is 38.9 Å². The van der Waals surface area contributed by atoms with Crippen molar-refractivity contribution >= 4 is 0 Å². The molecule has 0 aliphatic heterocycles. The highest BCUT2D eigenvalue weighted by molar-refractivity contribution is 5.30. The Balaban J connectivity index is 3.32. The summed E-state index contributed by atoms with van der Waals surface area (Å²) >= 11 is 0. The quantitative estimate of drug-likeness (QED) is 0.379. The van der Waals surface area contributed by atoms with E-state index in [9.17, 15) is 62.2 Å². The highest BCUT2D eigenvalue weighted by atomic mass is 19.4. The third kappa shape index (κ3) is 5.27. The molecule has 1 N–H and O–H groups in total. The predicted molar refractivity (Wildman–Crippen MR) is 87.2 cm³/mol. The Kier molecular flexibility index (Phi) is 7.39. The predicted octanol–water partition coefficient (Wildman–Crippen LogP) is 7.03. The molecule has 0 saturated carbocycles. The smallest absolute Gasteiger partial charge is 0.460 e. The fraction of sp³-hybridized carbons (Fsp3) is 0.667. The summed E-state index contributed by atoms with van der Waals surface area (Å²) in [5.74, 6) is -37.6. The molecule has 0 radical (unpaired) electrons. The number of halogens is 13. The van der Waals surface area contributed by atoms with E-state index in [1.807, 2.05) is 0 Å². The lowest BCUT2D eigenvalue weighted by atomic mass is 9.90. The molecule has 0 heterocycles. The topological polar surface area (TPSA) is 29.5 Å². The molecule has 0 aliphatic carbocycles. The van der Waals surface area contributed by atoms with Gasteiger partial charge in [0.1, 0.15) is 11.4 Å². The van der Waals surface area contributed by atoms with E-state index in [2.05, 4.69) is 0 Å². The van der Waals surface area contributed by atoms with Gasteiger partial charge < -0.3 is 9.84 Å². The summed E-state index contributed by atoms with van der Waals surface area (Å²) in [5.41, 5.74) is -1.53. The van der Waals surface area contributed by atoms with Gasteiger partial charge in [0, 0.05) is 6.42 Å². The van der Waals surface area contributed by atoms with Crippen LogP contribution in [-0.2, 0) is 0 Å². The standard InChI is InChI=1S/C18H17F13O2/c1-12(2,3)33-10-6-4-5-9(7-10)11(32)8-13(19,20)14(21,22)15(23,24)16(25,26)17(27,28)18(29,30)31/h4-7,11,32H,8H2,1-3H3. The van der Waals surface area contributed by atoms with Crippen LogP contribution in [0.5, 0.6) is 5.75 Å². The molecule has 1 atom stereocenters. The van der Waals surface area contributed by atoms with Crippen molar-refractivity contribution < 1.29 is 66.9 Å². The van der Waals surface area contributed by atoms with Crippen LogP contribution in [0.3, 0.4) is 0 Å². The van der Waals surface area contributed by atoms with Crippen LogP contribution in [0.25, 0.3) is 0 Å². The fourth-order valence-electron chi connectivity index (χ4n) is 2.43. The van der Waals surface area contributed by atoms with Crippen molar-refractivity contribution in [1.82, 2.24) is 0 Å². The zero-order valence-corrected chi connectivity index (χ0v) is 16.9. The van der Waals surface area contributed by atoms with E-state index in [4.69, 9.17) is 4.74 Å². The molecular weight excluding hydrogens is 495 g/mol. The second kappa shape index (κ2) is 8.38. The van der Waals surface area contributed by atoms with Crippen molar-refractivity contribution in [3.63, 3.8) is 0 Å². The summed E-state index contributed by atoms with van der Waals surface area (Å²) in [6.07, 6.45) is -13.0. The minimum absolute atomic E-state index is 0.115. The van der Waals surface area contributed by atoms with E-state index in [0.29, 0.717) is 0 Å². The molecule has 0 saturated heterocycles. The number of aliphatic hydroxyl groups excluding tert-OH is 1. The molecule has 15 heteroatoms. The summed E-state index contributed by atoms with van der Waals surface area (Å²) in [7, 11) is 0. The molecule has 0 aromatic heterocycles. The van der Waals surface area contributed by atoms with E-state index >= 15 is 0 Å². The molecule has 0 fully saturated rings. The first-order chi connectivity index (χ1) is 14.3. The molecular formula is C18H17F13O2. The Morgan fingerprint density at radius 1 is 0.727 bits per heavy atom. The Labute approximate surface area is 178 Å². The van der Waals surface area contributed by atoms with Gasteiger partial charge in [0.2, 0.25) is 0 Å². The largest absolute Gasteiger partial charge is 0.488 e. The Morgan fingerprint density at radius 3 is 1.61 bits per heavy atom. The summed E-state index contributed by atoms with van der Waals surface area (Å²) < 4.78 is 176. The van der Waals surface area contributed by atoms with Gasteiger partial charge in [-0.05, 0) is 38.5 Å². The monoisotopic (exact) mass is 512 g/mol. The van der Waals surface area contributed by atoms with Crippen LogP contribution >= 0.6 is 0 Å². The van der Waals surface area contributed by atoms with Gasteiger partial charge in [-0.2, -0.15) is 57.1 Å². The third-order valence-electron chi connectivity index (χ3n) is 4.12. The number of benzene rings is 1. The first-order valence-electron chi connectivity index (χ1n) is 8.75. The lowest BCUT2D eigenvalue weighted by molar-refractivity contribution is -0.440. The lowest BCUT2D eigenvalue weighted by Crippen LogP contribution is -2.70. The van der Waals surface area contributed by atoms with E-state index in [1.54, 1.807) is 0 Å². The van der Waals surface area contributed by atoms with Crippen LogP contribution in [-0.4, -0.2) is 46.5 Å². The minimum Gasteiger partial charge on any atom is -0.488 e. The van der Waals surface area contributed by atoms with Gasteiger partial charge in [0.15, 0.2) is 0 Å². The maximum atomic E-state index is 13.9. The number of alkyl halides is 13. The van der Waals surface area contributed by atoms with E-state index in [0.717, 1.165) is 18.2 Å². The summed E-state index contributed by atoms with van der Waals surface area (Å²) in [6, 6.07) is 3.93. The van der Waals surface area contributed by atoms with Crippen LogP contribution < -0.4 is 4.74 Å². The van der Waals surface area contributed by atoms with E-state index in [1.165, 1.54) is 26.8 Å². The molecule has 0 spiro atoms. The zero-order valence-electron chi connectivity index (χ0n) is 16.9. The molecule has 1 aromatic rings. The SMILES string of the molecule is CC(C)(C)Oc1cccc(C(O)CC(F)(F)C(F)(F)C(F)(F)C(F)(F)C(F)(F)C(F)(F)F)c1. The molecule has 1 aromatic carbocycles. The normalized spacial score (nSPS) is 16.0. The van der Waals surface area contributed by atoms with Crippen LogP contribution in [0, 0.1) is 0 Å². The number of hydrogen-bond acceptors (Lipinski definition) is 2. The summed E-state index contributed by atoms with van der Waals surface area (Å²) in [5, 5.41) is 9.77. The molecule has 2 nitrogen and oxygen atoms in total. The molecule has 0 amide bonds. The van der Waals surface area contributed by atoms with Crippen LogP contribution in [0.2, 0.25) is 0 Å². The van der Waals surface area contributed by atoms with Crippen LogP contribution in [0.4, 0.5) is 57.1 Å². The maximum Gasteiger partial charge on any atom is 0.460 e. The van der Waals surface area contributed by atoms with E-state index < -0.39 is 59.5 Å². The van der Waals surface area contributed by atoms with Gasteiger partial charge in [0.25, 0.3) is 0 Å². The van der Waals surface area contributed by atoms with Crippen molar-refractivity contribution in [1.29, 1.82) is 0 Å². The van der Waals surface area contributed by atoms with Crippen molar-refractivity contribution in [3.8, 4) is 5.75 Å².